The number of fused-ring (bicyclic) bond motifs is 1. The molecule has 0 radical (unpaired) electrons. The molecule has 1 saturated heterocycles. The van der Waals surface area contributed by atoms with Crippen LogP contribution in [0.2, 0.25) is 0 Å². The van der Waals surface area contributed by atoms with E-state index in [0.717, 1.165) is 39.0 Å². The van der Waals surface area contributed by atoms with Gasteiger partial charge in [0.25, 0.3) is 0 Å². The van der Waals surface area contributed by atoms with Gasteiger partial charge in [0, 0.05) is 38.1 Å². The molecular formula is C21H27N3O. The third kappa shape index (κ3) is 3.49. The quantitative estimate of drug-likeness (QED) is 0.860. The van der Waals surface area contributed by atoms with E-state index in [1.54, 1.807) is 0 Å². The van der Waals surface area contributed by atoms with Crippen LogP contribution in [0.4, 0.5) is 0 Å². The summed E-state index contributed by atoms with van der Waals surface area (Å²) in [6.45, 7) is 4.25. The van der Waals surface area contributed by atoms with Crippen LogP contribution >= 0.6 is 0 Å². The highest BCUT2D eigenvalue weighted by Crippen LogP contribution is 2.32. The van der Waals surface area contributed by atoms with E-state index >= 15 is 0 Å². The summed E-state index contributed by atoms with van der Waals surface area (Å²) in [7, 11) is 0. The van der Waals surface area contributed by atoms with E-state index in [9.17, 15) is 4.79 Å². The molecule has 0 saturated carbocycles. The Kier molecular flexibility index (Phi) is 4.88. The van der Waals surface area contributed by atoms with Crippen molar-refractivity contribution in [2.75, 3.05) is 26.2 Å². The summed E-state index contributed by atoms with van der Waals surface area (Å²) in [6.07, 6.45) is 6.97. The van der Waals surface area contributed by atoms with E-state index in [1.165, 1.54) is 24.1 Å². The molecule has 2 aliphatic rings. The fraction of sp³-hybridized carbons (Fsp3) is 0.476. The van der Waals surface area contributed by atoms with Gasteiger partial charge in [0.1, 0.15) is 0 Å². The predicted octanol–water partition coefficient (Wildman–Crippen LogP) is 3.30. The smallest absolute Gasteiger partial charge is 0.236 e. The van der Waals surface area contributed by atoms with E-state index in [0.29, 0.717) is 12.5 Å². The zero-order chi connectivity index (χ0) is 17.1. The maximum absolute atomic E-state index is 12.9. The molecule has 1 aromatic heterocycles. The number of carbonyl (C=O) groups excluding carboxylic acids is 1. The predicted molar refractivity (Wildman–Crippen MR) is 99.3 cm³/mol. The van der Waals surface area contributed by atoms with E-state index in [4.69, 9.17) is 0 Å². The molecule has 0 unspecified atom stereocenters. The molecule has 0 aliphatic carbocycles. The normalized spacial score (nSPS) is 21.6. The minimum absolute atomic E-state index is 0.167. The summed E-state index contributed by atoms with van der Waals surface area (Å²) in [5.41, 5.74) is 2.56. The number of benzene rings is 1. The van der Waals surface area contributed by atoms with Crippen molar-refractivity contribution in [1.29, 1.82) is 0 Å². The molecule has 1 atom stereocenters. The van der Waals surface area contributed by atoms with Crippen molar-refractivity contribution >= 4 is 5.91 Å². The molecule has 1 fully saturated rings. The Bertz CT molecular complexity index is 701. The topological polar surface area (TPSA) is 28.5 Å². The highest BCUT2D eigenvalue weighted by Gasteiger charge is 2.31. The maximum Gasteiger partial charge on any atom is 0.236 e. The minimum atomic E-state index is 0.167. The van der Waals surface area contributed by atoms with Crippen LogP contribution in [-0.4, -0.2) is 46.5 Å². The van der Waals surface area contributed by atoms with Crippen molar-refractivity contribution in [3.05, 3.63) is 59.9 Å². The average Bonchev–Trinajstić information content (AvgIpc) is 2.95. The molecular weight excluding hydrogens is 310 g/mol. The number of likely N-dealkylation sites (tertiary alicyclic amines) is 1. The van der Waals surface area contributed by atoms with Gasteiger partial charge in [-0.15, -0.1) is 0 Å². The van der Waals surface area contributed by atoms with E-state index < -0.39 is 0 Å². The van der Waals surface area contributed by atoms with Crippen molar-refractivity contribution in [2.24, 2.45) is 0 Å². The molecule has 1 aromatic carbocycles. The lowest BCUT2D eigenvalue weighted by molar-refractivity contribution is -0.133. The highest BCUT2D eigenvalue weighted by molar-refractivity contribution is 5.78. The highest BCUT2D eigenvalue weighted by atomic mass is 16.2. The lowest BCUT2D eigenvalue weighted by atomic mass is 10.00. The number of carbonyl (C=O) groups is 1. The summed E-state index contributed by atoms with van der Waals surface area (Å²) in [4.78, 5) is 17.4. The van der Waals surface area contributed by atoms with Crippen molar-refractivity contribution in [3.63, 3.8) is 0 Å². The summed E-state index contributed by atoms with van der Waals surface area (Å²) >= 11 is 0. The summed E-state index contributed by atoms with van der Waals surface area (Å²) in [5, 5.41) is 0. The molecule has 3 heterocycles. The van der Waals surface area contributed by atoms with Crippen molar-refractivity contribution in [2.45, 2.75) is 38.3 Å². The van der Waals surface area contributed by atoms with E-state index in [1.807, 2.05) is 0 Å². The first-order chi connectivity index (χ1) is 12.3. The Balaban J connectivity index is 1.56. The molecule has 2 aliphatic heterocycles. The molecule has 2 aromatic rings. The number of hydrogen-bond acceptors (Lipinski definition) is 2. The van der Waals surface area contributed by atoms with Gasteiger partial charge in [-0.3, -0.25) is 9.69 Å². The second kappa shape index (κ2) is 7.44. The van der Waals surface area contributed by atoms with Crippen LogP contribution in [0.1, 0.15) is 43.0 Å². The van der Waals surface area contributed by atoms with Gasteiger partial charge in [-0.05, 0) is 30.5 Å². The fourth-order valence-electron chi connectivity index (χ4n) is 4.21. The number of hydrogen-bond donors (Lipinski definition) is 0. The van der Waals surface area contributed by atoms with E-state index in [2.05, 4.69) is 63.0 Å². The third-order valence-electron chi connectivity index (χ3n) is 5.55. The van der Waals surface area contributed by atoms with E-state index in [-0.39, 0.29) is 6.04 Å². The Hall–Kier alpha value is -2.07. The van der Waals surface area contributed by atoms with Gasteiger partial charge in [0.15, 0.2) is 0 Å². The number of aromatic nitrogens is 1. The lowest BCUT2D eigenvalue weighted by Gasteiger charge is -2.38. The van der Waals surface area contributed by atoms with Crippen LogP contribution in [0.15, 0.2) is 48.7 Å². The summed E-state index contributed by atoms with van der Waals surface area (Å²) in [6, 6.07) is 15.1. The number of nitrogens with zero attached hydrogens (tertiary/aromatic N) is 3. The molecule has 0 N–H and O–H groups in total. The van der Waals surface area contributed by atoms with Crippen LogP contribution in [0.3, 0.4) is 0 Å². The summed E-state index contributed by atoms with van der Waals surface area (Å²) < 4.78 is 2.32. The Labute approximate surface area is 150 Å². The first-order valence-corrected chi connectivity index (χ1v) is 9.55. The molecule has 0 spiro atoms. The number of amides is 1. The second-order valence-electron chi connectivity index (χ2n) is 7.21. The van der Waals surface area contributed by atoms with Crippen molar-refractivity contribution in [3.8, 4) is 0 Å². The zero-order valence-electron chi connectivity index (χ0n) is 14.8. The first kappa shape index (κ1) is 16.4. The van der Waals surface area contributed by atoms with Gasteiger partial charge in [0.2, 0.25) is 5.91 Å². The molecule has 132 valence electrons. The van der Waals surface area contributed by atoms with Gasteiger partial charge in [-0.2, -0.15) is 0 Å². The standard InChI is InChI=1S/C21H27N3O/c25-20(23-12-6-1-2-7-13-23)17-24-16-15-22-14-8-11-19(22)21(24)18-9-4-3-5-10-18/h3-5,8-11,14,21H,1-2,6-7,12-13,15-17H2/t21-/m1/s1. The Morgan fingerprint density at radius 2 is 1.64 bits per heavy atom. The van der Waals surface area contributed by atoms with Gasteiger partial charge in [-0.1, -0.05) is 43.2 Å². The molecule has 1 amide bonds. The largest absolute Gasteiger partial charge is 0.348 e. The monoisotopic (exact) mass is 337 g/mol. The Morgan fingerprint density at radius 3 is 2.40 bits per heavy atom. The molecule has 0 bridgehead atoms. The summed E-state index contributed by atoms with van der Waals surface area (Å²) in [5.74, 6) is 0.294. The SMILES string of the molecule is O=C(CN1CCn2cccc2[C@H]1c1ccccc1)N1CCCCCC1. The van der Waals surface area contributed by atoms with Crippen LogP contribution in [0.5, 0.6) is 0 Å². The van der Waals surface area contributed by atoms with Crippen LogP contribution in [0.25, 0.3) is 0 Å². The fourth-order valence-corrected chi connectivity index (χ4v) is 4.21. The van der Waals surface area contributed by atoms with Crippen LogP contribution in [-0.2, 0) is 11.3 Å². The van der Waals surface area contributed by atoms with Crippen molar-refractivity contribution in [1.82, 2.24) is 14.4 Å². The minimum Gasteiger partial charge on any atom is -0.348 e. The second-order valence-corrected chi connectivity index (χ2v) is 7.21. The average molecular weight is 337 g/mol. The molecule has 4 rings (SSSR count). The van der Waals surface area contributed by atoms with Crippen molar-refractivity contribution < 1.29 is 4.79 Å². The van der Waals surface area contributed by atoms with Crippen LogP contribution < -0.4 is 0 Å². The van der Waals surface area contributed by atoms with Gasteiger partial charge in [-0.25, -0.2) is 0 Å². The zero-order valence-corrected chi connectivity index (χ0v) is 14.8. The lowest BCUT2D eigenvalue weighted by Crippen LogP contribution is -2.46. The molecule has 25 heavy (non-hydrogen) atoms. The molecule has 4 heteroatoms. The van der Waals surface area contributed by atoms with Crippen LogP contribution in [0, 0.1) is 0 Å². The molecule has 4 nitrogen and oxygen atoms in total. The van der Waals surface area contributed by atoms with Gasteiger partial charge >= 0.3 is 0 Å². The van der Waals surface area contributed by atoms with Gasteiger partial charge < -0.3 is 9.47 Å². The Morgan fingerprint density at radius 1 is 0.880 bits per heavy atom. The first-order valence-electron chi connectivity index (χ1n) is 9.55. The third-order valence-corrected chi connectivity index (χ3v) is 5.55. The maximum atomic E-state index is 12.9. The van der Waals surface area contributed by atoms with Gasteiger partial charge in [0.05, 0.1) is 12.6 Å². The number of rotatable bonds is 3.